The van der Waals surface area contributed by atoms with E-state index in [1.807, 2.05) is 0 Å². The molecular formula is C31H23NO. The number of furan rings is 1. The number of aryl methyl sites for hydroxylation is 1. The van der Waals surface area contributed by atoms with E-state index < -0.39 is 0 Å². The number of benzene rings is 4. The zero-order chi connectivity index (χ0) is 21.9. The Morgan fingerprint density at radius 2 is 1.48 bits per heavy atom. The molecule has 6 aromatic rings. The Morgan fingerprint density at radius 1 is 0.697 bits per heavy atom. The number of rotatable bonds is 2. The lowest BCUT2D eigenvalue weighted by atomic mass is 9.94. The van der Waals surface area contributed by atoms with Crippen molar-refractivity contribution >= 4 is 38.9 Å². The van der Waals surface area contributed by atoms with Gasteiger partial charge in [0.2, 0.25) is 0 Å². The minimum Gasteiger partial charge on any atom is -0.456 e. The van der Waals surface area contributed by atoms with Crippen LogP contribution in [0.25, 0.3) is 55.7 Å². The van der Waals surface area contributed by atoms with Gasteiger partial charge in [0.25, 0.3) is 0 Å². The molecule has 0 unspecified atom stereocenters. The third kappa shape index (κ3) is 2.74. The number of para-hydroxylation sites is 3. The molecule has 158 valence electrons. The van der Waals surface area contributed by atoms with Gasteiger partial charge in [-0.25, -0.2) is 0 Å². The standard InChI is InChI=1S/C31H23NO/c1-20-14-16-25-26-12-7-11-23(31(26)33-30(25)18-20)21-15-17-29-27(19-21)24-10-5-6-13-28(24)32(29)22-8-3-2-4-9-22/h2-13,15,17-19H,14,16H2,1H3. The second-order valence-corrected chi connectivity index (χ2v) is 9.04. The highest BCUT2D eigenvalue weighted by molar-refractivity contribution is 6.11. The van der Waals surface area contributed by atoms with Gasteiger partial charge in [-0.05, 0) is 61.7 Å². The number of aromatic nitrogens is 1. The summed E-state index contributed by atoms with van der Waals surface area (Å²) in [4.78, 5) is 0. The summed E-state index contributed by atoms with van der Waals surface area (Å²) in [6.07, 6.45) is 4.37. The summed E-state index contributed by atoms with van der Waals surface area (Å²) < 4.78 is 8.79. The smallest absolute Gasteiger partial charge is 0.142 e. The second kappa shape index (κ2) is 6.98. The minimum atomic E-state index is 1.000. The average Bonchev–Trinajstić information content (AvgIpc) is 3.39. The van der Waals surface area contributed by atoms with Crippen LogP contribution in [0.2, 0.25) is 0 Å². The van der Waals surface area contributed by atoms with Crippen LogP contribution < -0.4 is 0 Å². The first kappa shape index (κ1) is 18.5. The van der Waals surface area contributed by atoms with Crippen molar-refractivity contribution < 1.29 is 4.42 Å². The molecule has 0 bridgehead atoms. The van der Waals surface area contributed by atoms with E-state index in [-0.39, 0.29) is 0 Å². The van der Waals surface area contributed by atoms with Crippen LogP contribution in [-0.4, -0.2) is 4.57 Å². The summed E-state index contributed by atoms with van der Waals surface area (Å²) in [6.45, 7) is 2.19. The van der Waals surface area contributed by atoms with Gasteiger partial charge in [0.15, 0.2) is 0 Å². The molecular weight excluding hydrogens is 402 g/mol. The fourth-order valence-corrected chi connectivity index (χ4v) is 5.40. The molecule has 0 amide bonds. The molecule has 0 saturated heterocycles. The summed E-state index contributed by atoms with van der Waals surface area (Å²) in [6, 6.07) is 32.6. The van der Waals surface area contributed by atoms with Crippen LogP contribution in [0.15, 0.2) is 101 Å². The van der Waals surface area contributed by atoms with Crippen molar-refractivity contribution in [3.63, 3.8) is 0 Å². The normalized spacial score (nSPS) is 13.5. The number of hydrogen-bond acceptors (Lipinski definition) is 1. The van der Waals surface area contributed by atoms with E-state index in [0.29, 0.717) is 0 Å². The Labute approximate surface area is 192 Å². The maximum absolute atomic E-state index is 6.44. The molecule has 33 heavy (non-hydrogen) atoms. The largest absolute Gasteiger partial charge is 0.456 e. The summed E-state index contributed by atoms with van der Waals surface area (Å²) in [5, 5.41) is 3.77. The first-order valence-corrected chi connectivity index (χ1v) is 11.6. The molecule has 0 atom stereocenters. The molecule has 1 aliphatic rings. The van der Waals surface area contributed by atoms with Crippen molar-refractivity contribution in [1.29, 1.82) is 0 Å². The van der Waals surface area contributed by atoms with Crippen LogP contribution >= 0.6 is 0 Å². The summed E-state index contributed by atoms with van der Waals surface area (Å²) >= 11 is 0. The lowest BCUT2D eigenvalue weighted by Gasteiger charge is -2.08. The summed E-state index contributed by atoms with van der Waals surface area (Å²) in [7, 11) is 0. The van der Waals surface area contributed by atoms with Gasteiger partial charge in [0.05, 0.1) is 11.0 Å². The molecule has 0 N–H and O–H groups in total. The van der Waals surface area contributed by atoms with Crippen molar-refractivity contribution in [3.05, 3.63) is 108 Å². The Balaban J connectivity index is 1.50. The first-order chi connectivity index (χ1) is 16.3. The number of fused-ring (bicyclic) bond motifs is 6. The van der Waals surface area contributed by atoms with Crippen LogP contribution in [-0.2, 0) is 6.42 Å². The number of allylic oxidation sites excluding steroid dienone is 1. The topological polar surface area (TPSA) is 18.1 Å². The highest BCUT2D eigenvalue weighted by Gasteiger charge is 2.20. The molecule has 0 fully saturated rings. The molecule has 2 heterocycles. The van der Waals surface area contributed by atoms with Gasteiger partial charge in [-0.2, -0.15) is 0 Å². The van der Waals surface area contributed by atoms with Crippen LogP contribution in [0, 0.1) is 0 Å². The fourth-order valence-electron chi connectivity index (χ4n) is 5.40. The quantitative estimate of drug-likeness (QED) is 0.272. The van der Waals surface area contributed by atoms with Crippen LogP contribution in [0.3, 0.4) is 0 Å². The summed E-state index contributed by atoms with van der Waals surface area (Å²) in [5.74, 6) is 1.03. The predicted octanol–water partition coefficient (Wildman–Crippen LogP) is 8.55. The Hall–Kier alpha value is -4.04. The number of nitrogens with zero attached hydrogens (tertiary/aromatic N) is 1. The molecule has 2 heteroatoms. The molecule has 0 radical (unpaired) electrons. The third-order valence-corrected chi connectivity index (χ3v) is 6.99. The van der Waals surface area contributed by atoms with Crippen molar-refractivity contribution in [3.8, 4) is 16.8 Å². The molecule has 7 rings (SSSR count). The molecule has 2 aromatic heterocycles. The lowest BCUT2D eigenvalue weighted by Crippen LogP contribution is -1.93. The van der Waals surface area contributed by atoms with Crippen LogP contribution in [0.4, 0.5) is 0 Å². The van der Waals surface area contributed by atoms with Crippen molar-refractivity contribution in [2.45, 2.75) is 19.8 Å². The summed E-state index contributed by atoms with van der Waals surface area (Å²) in [5.41, 5.74) is 9.71. The molecule has 0 spiro atoms. The van der Waals surface area contributed by atoms with Gasteiger partial charge in [0.1, 0.15) is 11.3 Å². The molecule has 0 saturated carbocycles. The zero-order valence-corrected chi connectivity index (χ0v) is 18.5. The maximum atomic E-state index is 6.44. The van der Waals surface area contributed by atoms with Crippen molar-refractivity contribution in [2.75, 3.05) is 0 Å². The second-order valence-electron chi connectivity index (χ2n) is 9.04. The van der Waals surface area contributed by atoms with Crippen LogP contribution in [0.5, 0.6) is 0 Å². The monoisotopic (exact) mass is 425 g/mol. The Bertz CT molecular complexity index is 1710. The van der Waals surface area contributed by atoms with E-state index >= 15 is 0 Å². The van der Waals surface area contributed by atoms with E-state index in [4.69, 9.17) is 4.42 Å². The maximum Gasteiger partial charge on any atom is 0.142 e. The van der Waals surface area contributed by atoms with Gasteiger partial charge in [-0.1, -0.05) is 66.2 Å². The minimum absolute atomic E-state index is 1.000. The van der Waals surface area contributed by atoms with Gasteiger partial charge in [-0.15, -0.1) is 0 Å². The van der Waals surface area contributed by atoms with Crippen molar-refractivity contribution in [1.82, 2.24) is 4.57 Å². The Morgan fingerprint density at radius 3 is 2.39 bits per heavy atom. The molecule has 1 aliphatic carbocycles. The SMILES string of the molecule is CC1=Cc2oc3c(-c4ccc5c(c4)c4ccccc4n5-c4ccccc4)cccc3c2CC1. The Kier molecular flexibility index (Phi) is 3.92. The van der Waals surface area contributed by atoms with Crippen LogP contribution in [0.1, 0.15) is 24.7 Å². The molecule has 0 aliphatic heterocycles. The molecule has 2 nitrogen and oxygen atoms in total. The van der Waals surface area contributed by atoms with Gasteiger partial charge in [-0.3, -0.25) is 0 Å². The van der Waals surface area contributed by atoms with E-state index in [1.165, 1.54) is 49.6 Å². The molecule has 4 aromatic carbocycles. The van der Waals surface area contributed by atoms with Crippen molar-refractivity contribution in [2.24, 2.45) is 0 Å². The van der Waals surface area contributed by atoms with E-state index in [2.05, 4.69) is 109 Å². The first-order valence-electron chi connectivity index (χ1n) is 11.6. The lowest BCUT2D eigenvalue weighted by molar-refractivity contribution is 0.594. The van der Waals surface area contributed by atoms with Gasteiger partial charge < -0.3 is 8.98 Å². The average molecular weight is 426 g/mol. The van der Waals surface area contributed by atoms with E-state index in [0.717, 1.165) is 29.7 Å². The fraction of sp³-hybridized carbons (Fsp3) is 0.0968. The zero-order valence-electron chi connectivity index (χ0n) is 18.5. The highest BCUT2D eigenvalue weighted by atomic mass is 16.3. The van der Waals surface area contributed by atoms with Gasteiger partial charge in [0, 0.05) is 33.0 Å². The number of hydrogen-bond donors (Lipinski definition) is 0. The predicted molar refractivity (Wildman–Crippen MR) is 138 cm³/mol. The highest BCUT2D eigenvalue weighted by Crippen LogP contribution is 2.40. The van der Waals surface area contributed by atoms with E-state index in [1.54, 1.807) is 0 Å². The van der Waals surface area contributed by atoms with E-state index in [9.17, 15) is 0 Å². The van der Waals surface area contributed by atoms with Gasteiger partial charge >= 0.3 is 0 Å². The third-order valence-electron chi connectivity index (χ3n) is 6.99.